The number of aliphatic hydroxyl groups is 1. The molecule has 3 saturated heterocycles. The van der Waals surface area contributed by atoms with E-state index < -0.39 is 34.6 Å². The van der Waals surface area contributed by atoms with Crippen molar-refractivity contribution >= 4 is 17.7 Å². The molecule has 0 radical (unpaired) electrons. The van der Waals surface area contributed by atoms with Crippen molar-refractivity contribution in [3.63, 3.8) is 0 Å². The number of aliphatic hydroxyl groups excluding tert-OH is 1. The van der Waals surface area contributed by atoms with Crippen LogP contribution in [-0.2, 0) is 19.1 Å². The van der Waals surface area contributed by atoms with Crippen molar-refractivity contribution in [3.05, 3.63) is 25.3 Å². The van der Waals surface area contributed by atoms with Crippen molar-refractivity contribution in [1.82, 2.24) is 14.7 Å². The summed E-state index contributed by atoms with van der Waals surface area (Å²) in [6, 6.07) is -0.812. The van der Waals surface area contributed by atoms with Gasteiger partial charge in [0.15, 0.2) is 0 Å². The highest BCUT2D eigenvalue weighted by Crippen LogP contribution is 2.64. The van der Waals surface area contributed by atoms with E-state index in [0.29, 0.717) is 58.3 Å². The zero-order chi connectivity index (χ0) is 27.6. The van der Waals surface area contributed by atoms with Crippen LogP contribution in [-0.4, -0.2) is 93.1 Å². The van der Waals surface area contributed by atoms with Crippen LogP contribution in [0.4, 0.5) is 0 Å². The van der Waals surface area contributed by atoms with Crippen LogP contribution in [0.15, 0.2) is 25.3 Å². The Labute approximate surface area is 222 Å². The van der Waals surface area contributed by atoms with Crippen molar-refractivity contribution < 1.29 is 24.2 Å². The average Bonchev–Trinajstić information content (AvgIpc) is 3.45. The van der Waals surface area contributed by atoms with E-state index in [1.807, 2.05) is 34.6 Å². The first-order valence-electron chi connectivity index (χ1n) is 13.9. The number of fused-ring (bicyclic) bond motifs is 1. The standard InChI is InChI=1S/C29H47N3O5/c1-8-16-30(17-9-2)24(34)21-22-25(35)31(19-12-13-20-33)23(26(36)32(18-10-3)27(5,6)7)29(22)15-14-28(21,11-4)37-29/h8,10,21-23,33H,1,3,9,11-20H2,2,4-7H3/t21-,22-,23?,28+,29?/m0/s1. The first kappa shape index (κ1) is 29.4. The minimum absolute atomic E-state index is 0.0177. The predicted molar refractivity (Wildman–Crippen MR) is 144 cm³/mol. The molecular weight excluding hydrogens is 470 g/mol. The molecule has 2 unspecified atom stereocenters. The van der Waals surface area contributed by atoms with Gasteiger partial charge in [0.05, 0.1) is 17.4 Å². The van der Waals surface area contributed by atoms with Crippen LogP contribution in [0, 0.1) is 11.8 Å². The summed E-state index contributed by atoms with van der Waals surface area (Å²) in [6.45, 7) is 19.3. The normalized spacial score (nSPS) is 30.4. The minimum Gasteiger partial charge on any atom is -0.396 e. The Morgan fingerprint density at radius 3 is 2.35 bits per heavy atom. The molecule has 3 aliphatic rings. The lowest BCUT2D eigenvalue weighted by molar-refractivity contribution is -0.157. The van der Waals surface area contributed by atoms with E-state index in [0.717, 1.165) is 6.42 Å². The van der Waals surface area contributed by atoms with Gasteiger partial charge < -0.3 is 24.5 Å². The van der Waals surface area contributed by atoms with E-state index >= 15 is 0 Å². The number of unbranched alkanes of at least 4 members (excludes halogenated alkanes) is 1. The molecule has 8 heteroatoms. The largest absolute Gasteiger partial charge is 0.396 e. The van der Waals surface area contributed by atoms with Gasteiger partial charge in [0, 0.05) is 38.3 Å². The van der Waals surface area contributed by atoms with Gasteiger partial charge in [-0.2, -0.15) is 0 Å². The molecule has 0 aromatic heterocycles. The molecule has 1 N–H and O–H groups in total. The second kappa shape index (κ2) is 11.3. The van der Waals surface area contributed by atoms with Crippen LogP contribution in [0.3, 0.4) is 0 Å². The second-order valence-electron chi connectivity index (χ2n) is 11.8. The first-order chi connectivity index (χ1) is 17.5. The van der Waals surface area contributed by atoms with Gasteiger partial charge in [-0.05, 0) is 59.3 Å². The Kier molecular flexibility index (Phi) is 8.95. The number of likely N-dealkylation sites (tertiary alicyclic amines) is 1. The molecular formula is C29H47N3O5. The van der Waals surface area contributed by atoms with Crippen molar-refractivity contribution in [2.45, 2.75) is 95.9 Å². The summed E-state index contributed by atoms with van der Waals surface area (Å²) in [5.74, 6) is -1.75. The smallest absolute Gasteiger partial charge is 0.249 e. The molecule has 0 aromatic rings. The number of rotatable bonds is 13. The number of carbonyl (C=O) groups excluding carboxylic acids is 3. The predicted octanol–water partition coefficient (Wildman–Crippen LogP) is 3.15. The Balaban J connectivity index is 2.12. The van der Waals surface area contributed by atoms with Crippen molar-refractivity contribution in [2.75, 3.05) is 32.8 Å². The van der Waals surface area contributed by atoms with Crippen LogP contribution < -0.4 is 0 Å². The van der Waals surface area contributed by atoms with Crippen molar-refractivity contribution in [2.24, 2.45) is 11.8 Å². The summed E-state index contributed by atoms with van der Waals surface area (Å²) in [5.41, 5.74) is -2.29. The van der Waals surface area contributed by atoms with Crippen LogP contribution in [0.1, 0.15) is 73.1 Å². The zero-order valence-corrected chi connectivity index (χ0v) is 23.5. The van der Waals surface area contributed by atoms with Gasteiger partial charge in [0.1, 0.15) is 11.6 Å². The quantitative estimate of drug-likeness (QED) is 0.299. The monoisotopic (exact) mass is 517 g/mol. The topological polar surface area (TPSA) is 90.4 Å². The maximum Gasteiger partial charge on any atom is 0.249 e. The lowest BCUT2D eigenvalue weighted by Gasteiger charge is -2.42. The highest BCUT2D eigenvalue weighted by atomic mass is 16.5. The Hall–Kier alpha value is -2.19. The summed E-state index contributed by atoms with van der Waals surface area (Å²) in [4.78, 5) is 47.9. The fourth-order valence-electron chi connectivity index (χ4n) is 6.89. The molecule has 37 heavy (non-hydrogen) atoms. The van der Waals surface area contributed by atoms with E-state index in [9.17, 15) is 19.5 Å². The van der Waals surface area contributed by atoms with E-state index in [4.69, 9.17) is 4.74 Å². The summed E-state index contributed by atoms with van der Waals surface area (Å²) in [7, 11) is 0. The average molecular weight is 518 g/mol. The second-order valence-corrected chi connectivity index (χ2v) is 11.8. The molecule has 5 atom stereocenters. The Bertz CT molecular complexity index is 898. The molecule has 3 rings (SSSR count). The highest BCUT2D eigenvalue weighted by molar-refractivity contribution is 5.99. The molecule has 2 bridgehead atoms. The van der Waals surface area contributed by atoms with Crippen molar-refractivity contribution in [1.29, 1.82) is 0 Å². The van der Waals surface area contributed by atoms with Crippen molar-refractivity contribution in [3.8, 4) is 0 Å². The van der Waals surface area contributed by atoms with E-state index in [1.54, 1.807) is 26.9 Å². The molecule has 3 amide bonds. The number of carbonyl (C=O) groups is 3. The molecule has 3 aliphatic heterocycles. The maximum atomic E-state index is 14.4. The summed E-state index contributed by atoms with van der Waals surface area (Å²) in [5, 5.41) is 9.38. The van der Waals surface area contributed by atoms with Gasteiger partial charge in [-0.25, -0.2) is 0 Å². The van der Waals surface area contributed by atoms with Gasteiger partial charge in [0.25, 0.3) is 0 Å². The van der Waals surface area contributed by atoms with E-state index in [1.165, 1.54) is 0 Å². The molecule has 208 valence electrons. The van der Waals surface area contributed by atoms with Gasteiger partial charge in [-0.15, -0.1) is 13.2 Å². The zero-order valence-electron chi connectivity index (χ0n) is 23.5. The highest BCUT2D eigenvalue weighted by Gasteiger charge is 2.79. The van der Waals surface area contributed by atoms with Gasteiger partial charge in [-0.3, -0.25) is 14.4 Å². The SMILES string of the molecule is C=CCN(CCC)C(=O)[C@@H]1[C@H]2C(=O)N(CCCCO)C(C(=O)N(CC=C)C(C)(C)C)C23CC[C@@]1(CC)O3. The molecule has 0 aliphatic carbocycles. The number of ether oxygens (including phenoxy) is 1. The van der Waals surface area contributed by atoms with Crippen LogP contribution in [0.25, 0.3) is 0 Å². The number of nitrogens with zero attached hydrogens (tertiary/aromatic N) is 3. The lowest BCUT2D eigenvalue weighted by Crippen LogP contribution is -2.60. The number of hydrogen-bond acceptors (Lipinski definition) is 5. The van der Waals surface area contributed by atoms with Crippen LogP contribution in [0.2, 0.25) is 0 Å². The fourth-order valence-corrected chi connectivity index (χ4v) is 6.89. The first-order valence-corrected chi connectivity index (χ1v) is 13.9. The number of amides is 3. The lowest BCUT2D eigenvalue weighted by atomic mass is 9.64. The Morgan fingerprint density at radius 2 is 1.81 bits per heavy atom. The van der Waals surface area contributed by atoms with E-state index in [-0.39, 0.29) is 24.3 Å². The van der Waals surface area contributed by atoms with Crippen LogP contribution >= 0.6 is 0 Å². The van der Waals surface area contributed by atoms with Gasteiger partial charge in [0.2, 0.25) is 17.7 Å². The molecule has 8 nitrogen and oxygen atoms in total. The molecule has 0 saturated carbocycles. The maximum absolute atomic E-state index is 14.4. The van der Waals surface area contributed by atoms with Gasteiger partial charge in [-0.1, -0.05) is 26.0 Å². The van der Waals surface area contributed by atoms with Gasteiger partial charge >= 0.3 is 0 Å². The fraction of sp³-hybridized carbons (Fsp3) is 0.759. The van der Waals surface area contributed by atoms with E-state index in [2.05, 4.69) is 13.2 Å². The molecule has 0 aromatic carbocycles. The molecule has 3 heterocycles. The Morgan fingerprint density at radius 1 is 1.14 bits per heavy atom. The summed E-state index contributed by atoms with van der Waals surface area (Å²) < 4.78 is 6.88. The summed E-state index contributed by atoms with van der Waals surface area (Å²) >= 11 is 0. The third-order valence-electron chi connectivity index (χ3n) is 8.53. The summed E-state index contributed by atoms with van der Waals surface area (Å²) in [6.07, 6.45) is 7.13. The molecule has 3 fully saturated rings. The third kappa shape index (κ3) is 4.87. The molecule has 1 spiro atoms. The van der Waals surface area contributed by atoms with Crippen LogP contribution in [0.5, 0.6) is 0 Å². The third-order valence-corrected chi connectivity index (χ3v) is 8.53. The minimum atomic E-state index is -1.04. The number of hydrogen-bond donors (Lipinski definition) is 1.